The van der Waals surface area contributed by atoms with Crippen molar-refractivity contribution in [2.45, 2.75) is 34.2 Å². The lowest BCUT2D eigenvalue weighted by Gasteiger charge is -2.29. The summed E-state index contributed by atoms with van der Waals surface area (Å²) in [5.74, 6) is 0.548. The van der Waals surface area contributed by atoms with Gasteiger partial charge in [0.25, 0.3) is 0 Å². The van der Waals surface area contributed by atoms with Gasteiger partial charge in [-0.15, -0.1) is 0 Å². The van der Waals surface area contributed by atoms with Crippen molar-refractivity contribution in [1.82, 2.24) is 9.78 Å². The van der Waals surface area contributed by atoms with E-state index in [1.807, 2.05) is 32.7 Å². The first-order valence-electron chi connectivity index (χ1n) is 6.36. The monoisotopic (exact) mass is 269 g/mol. The molecule has 0 aliphatic carbocycles. The largest absolute Gasteiger partial charge is 0.354 e. The number of rotatable bonds is 6. The molecule has 1 heterocycles. The fourth-order valence-corrected chi connectivity index (χ4v) is 2.15. The summed E-state index contributed by atoms with van der Waals surface area (Å²) in [5, 5.41) is 15.4. The molecule has 7 nitrogen and oxygen atoms in total. The summed E-state index contributed by atoms with van der Waals surface area (Å²) in [6.45, 7) is 9.40. The molecule has 0 spiro atoms. The van der Waals surface area contributed by atoms with Crippen LogP contribution in [0.5, 0.6) is 0 Å². The molecule has 0 radical (unpaired) electrons. The van der Waals surface area contributed by atoms with Gasteiger partial charge in [0.15, 0.2) is 0 Å². The van der Waals surface area contributed by atoms with E-state index in [1.165, 1.54) is 0 Å². The van der Waals surface area contributed by atoms with Crippen LogP contribution >= 0.6 is 0 Å². The first-order valence-corrected chi connectivity index (χ1v) is 6.36. The Morgan fingerprint density at radius 1 is 1.53 bits per heavy atom. The molecule has 0 amide bonds. The number of aromatic nitrogens is 2. The standard InChI is InChI=1S/C12H23N5O2/c1-6-16-11(10(17(18)19)9(2)14-16)15(5)8-12(3,4)7-13/h6-8,13H2,1-5H3. The van der Waals surface area contributed by atoms with Gasteiger partial charge in [0, 0.05) is 20.1 Å². The highest BCUT2D eigenvalue weighted by Crippen LogP contribution is 2.32. The summed E-state index contributed by atoms with van der Waals surface area (Å²) in [4.78, 5) is 12.7. The van der Waals surface area contributed by atoms with Crippen LogP contribution in [0.3, 0.4) is 0 Å². The molecule has 19 heavy (non-hydrogen) atoms. The van der Waals surface area contributed by atoms with Crippen LogP contribution in [0, 0.1) is 22.5 Å². The lowest BCUT2D eigenvalue weighted by Crippen LogP contribution is -2.37. The molecular weight excluding hydrogens is 246 g/mol. The Labute approximate surface area is 113 Å². The molecule has 0 fully saturated rings. The summed E-state index contributed by atoms with van der Waals surface area (Å²) in [5.41, 5.74) is 6.14. The van der Waals surface area contributed by atoms with Gasteiger partial charge >= 0.3 is 5.69 Å². The van der Waals surface area contributed by atoms with Crippen LogP contribution in [0.4, 0.5) is 11.5 Å². The predicted molar refractivity (Wildman–Crippen MR) is 75.4 cm³/mol. The van der Waals surface area contributed by atoms with Gasteiger partial charge in [-0.25, -0.2) is 4.68 Å². The van der Waals surface area contributed by atoms with Crippen molar-refractivity contribution in [1.29, 1.82) is 0 Å². The Morgan fingerprint density at radius 2 is 2.11 bits per heavy atom. The number of nitrogens with two attached hydrogens (primary N) is 1. The molecule has 1 aromatic heterocycles. The van der Waals surface area contributed by atoms with Crippen molar-refractivity contribution in [3.05, 3.63) is 15.8 Å². The fourth-order valence-electron chi connectivity index (χ4n) is 2.15. The minimum atomic E-state index is -0.365. The lowest BCUT2D eigenvalue weighted by molar-refractivity contribution is -0.384. The number of anilines is 1. The molecule has 2 N–H and O–H groups in total. The quantitative estimate of drug-likeness (QED) is 0.625. The summed E-state index contributed by atoms with van der Waals surface area (Å²) < 4.78 is 1.67. The van der Waals surface area contributed by atoms with E-state index in [4.69, 9.17) is 5.73 Å². The summed E-state index contributed by atoms with van der Waals surface area (Å²) in [6, 6.07) is 0. The Bertz CT molecular complexity index is 467. The number of hydrogen-bond acceptors (Lipinski definition) is 5. The van der Waals surface area contributed by atoms with E-state index in [-0.39, 0.29) is 16.0 Å². The molecule has 0 aromatic carbocycles. The number of hydrogen-bond donors (Lipinski definition) is 1. The Balaban J connectivity index is 3.21. The van der Waals surface area contributed by atoms with Gasteiger partial charge in [0.05, 0.1) is 4.92 Å². The van der Waals surface area contributed by atoms with Crippen molar-refractivity contribution in [2.24, 2.45) is 11.1 Å². The summed E-state index contributed by atoms with van der Waals surface area (Å²) in [7, 11) is 1.84. The zero-order valence-electron chi connectivity index (χ0n) is 12.3. The van der Waals surface area contributed by atoms with E-state index in [0.717, 1.165) is 0 Å². The molecule has 0 aliphatic rings. The van der Waals surface area contributed by atoms with Gasteiger partial charge in [-0.3, -0.25) is 10.1 Å². The molecule has 0 atom stereocenters. The molecule has 0 saturated carbocycles. The molecular formula is C12H23N5O2. The van der Waals surface area contributed by atoms with E-state index in [2.05, 4.69) is 5.10 Å². The molecule has 1 rings (SSSR count). The average Bonchev–Trinajstić information content (AvgIpc) is 2.65. The SMILES string of the molecule is CCn1nc(C)c([N+](=O)[O-])c1N(C)CC(C)(C)CN. The van der Waals surface area contributed by atoms with Gasteiger partial charge in [-0.2, -0.15) is 5.10 Å². The van der Waals surface area contributed by atoms with Crippen LogP contribution in [0.15, 0.2) is 0 Å². The first-order chi connectivity index (χ1) is 8.73. The Morgan fingerprint density at radius 3 is 2.53 bits per heavy atom. The molecule has 7 heteroatoms. The van der Waals surface area contributed by atoms with Crippen LogP contribution in [-0.4, -0.2) is 34.8 Å². The minimum Gasteiger partial charge on any atom is -0.354 e. The van der Waals surface area contributed by atoms with Crippen LogP contribution in [0.2, 0.25) is 0 Å². The Kier molecular flexibility index (Phi) is 4.52. The second-order valence-corrected chi connectivity index (χ2v) is 5.55. The van der Waals surface area contributed by atoms with E-state index >= 15 is 0 Å². The van der Waals surface area contributed by atoms with E-state index in [0.29, 0.717) is 31.1 Å². The number of aryl methyl sites for hydroxylation is 2. The Hall–Kier alpha value is -1.63. The summed E-state index contributed by atoms with van der Waals surface area (Å²) in [6.07, 6.45) is 0. The van der Waals surface area contributed by atoms with E-state index < -0.39 is 0 Å². The molecule has 0 bridgehead atoms. The highest BCUT2D eigenvalue weighted by molar-refractivity contribution is 5.61. The second-order valence-electron chi connectivity index (χ2n) is 5.55. The summed E-state index contributed by atoms with van der Waals surface area (Å²) >= 11 is 0. The van der Waals surface area contributed by atoms with Crippen LogP contribution in [0.1, 0.15) is 26.5 Å². The third-order valence-corrected chi connectivity index (χ3v) is 3.13. The average molecular weight is 269 g/mol. The fraction of sp³-hybridized carbons (Fsp3) is 0.750. The van der Waals surface area contributed by atoms with Gasteiger partial charge in [-0.1, -0.05) is 13.8 Å². The first kappa shape index (κ1) is 15.4. The molecule has 0 aliphatic heterocycles. The lowest BCUT2D eigenvalue weighted by atomic mass is 9.93. The van der Waals surface area contributed by atoms with Crippen molar-refractivity contribution in [2.75, 3.05) is 25.0 Å². The maximum atomic E-state index is 11.2. The molecule has 1 aromatic rings. The van der Waals surface area contributed by atoms with Gasteiger partial charge in [-0.05, 0) is 25.8 Å². The zero-order chi connectivity index (χ0) is 14.8. The second kappa shape index (κ2) is 5.56. The maximum Gasteiger partial charge on any atom is 0.333 e. The van der Waals surface area contributed by atoms with Crippen molar-refractivity contribution < 1.29 is 4.92 Å². The topological polar surface area (TPSA) is 90.2 Å². The van der Waals surface area contributed by atoms with Crippen molar-refractivity contribution in [3.8, 4) is 0 Å². The number of nitro groups is 1. The predicted octanol–water partition coefficient (Wildman–Crippen LogP) is 1.54. The highest BCUT2D eigenvalue weighted by atomic mass is 16.6. The van der Waals surface area contributed by atoms with Crippen LogP contribution < -0.4 is 10.6 Å². The third kappa shape index (κ3) is 3.23. The van der Waals surface area contributed by atoms with Gasteiger partial charge in [0.1, 0.15) is 5.69 Å². The van der Waals surface area contributed by atoms with Crippen molar-refractivity contribution in [3.63, 3.8) is 0 Å². The van der Waals surface area contributed by atoms with E-state index in [9.17, 15) is 10.1 Å². The molecule has 108 valence electrons. The van der Waals surface area contributed by atoms with E-state index in [1.54, 1.807) is 11.6 Å². The zero-order valence-corrected chi connectivity index (χ0v) is 12.3. The van der Waals surface area contributed by atoms with Gasteiger partial charge in [0.2, 0.25) is 5.82 Å². The number of nitrogens with zero attached hydrogens (tertiary/aromatic N) is 4. The smallest absolute Gasteiger partial charge is 0.333 e. The molecule has 0 unspecified atom stereocenters. The van der Waals surface area contributed by atoms with Crippen molar-refractivity contribution >= 4 is 11.5 Å². The molecule has 0 saturated heterocycles. The minimum absolute atomic E-state index is 0.0807. The van der Waals surface area contributed by atoms with Crippen LogP contribution in [-0.2, 0) is 6.54 Å². The van der Waals surface area contributed by atoms with Gasteiger partial charge < -0.3 is 10.6 Å². The van der Waals surface area contributed by atoms with Crippen LogP contribution in [0.25, 0.3) is 0 Å². The third-order valence-electron chi connectivity index (χ3n) is 3.13. The normalized spacial score (nSPS) is 11.7. The maximum absolute atomic E-state index is 11.2. The highest BCUT2D eigenvalue weighted by Gasteiger charge is 2.30.